The fourth-order valence-electron chi connectivity index (χ4n) is 2.54. The molecule has 2 heterocycles. The first-order chi connectivity index (χ1) is 12.0. The number of sulfonamides is 1. The Morgan fingerprint density at radius 2 is 2.28 bits per heavy atom. The van der Waals surface area contributed by atoms with Crippen LogP contribution < -0.4 is 10.0 Å². The van der Waals surface area contributed by atoms with Crippen LogP contribution in [-0.2, 0) is 14.8 Å². The van der Waals surface area contributed by atoms with Crippen molar-refractivity contribution in [3.8, 4) is 0 Å². The number of ether oxygens (including phenoxy) is 1. The number of thiazole rings is 1. The van der Waals surface area contributed by atoms with Crippen molar-refractivity contribution in [2.45, 2.75) is 17.7 Å². The number of anilines is 2. The number of rotatable bonds is 6. The quantitative estimate of drug-likeness (QED) is 0.767. The van der Waals surface area contributed by atoms with Crippen molar-refractivity contribution in [1.82, 2.24) is 4.98 Å². The van der Waals surface area contributed by atoms with Crippen molar-refractivity contribution in [2.24, 2.45) is 5.92 Å². The van der Waals surface area contributed by atoms with E-state index in [4.69, 9.17) is 16.3 Å². The average Bonchev–Trinajstić information content (AvgIpc) is 3.08. The van der Waals surface area contributed by atoms with E-state index in [0.29, 0.717) is 24.8 Å². The lowest BCUT2D eigenvalue weighted by Gasteiger charge is -2.23. The molecule has 0 radical (unpaired) electrons. The Balaban J connectivity index is 1.75. The summed E-state index contributed by atoms with van der Waals surface area (Å²) in [7, 11) is -4.10. The topological polar surface area (TPSA) is 80.3 Å². The fourth-order valence-corrected chi connectivity index (χ4v) is 4.71. The van der Waals surface area contributed by atoms with Gasteiger partial charge in [-0.2, -0.15) is 0 Å². The van der Waals surface area contributed by atoms with E-state index in [9.17, 15) is 12.8 Å². The van der Waals surface area contributed by atoms with Crippen molar-refractivity contribution in [1.29, 1.82) is 0 Å². The Bertz CT molecular complexity index is 825. The maximum Gasteiger partial charge on any atom is 0.266 e. The lowest BCUT2D eigenvalue weighted by atomic mass is 10.0. The highest BCUT2D eigenvalue weighted by atomic mass is 35.5. The van der Waals surface area contributed by atoms with Crippen LogP contribution in [0.4, 0.5) is 15.2 Å². The van der Waals surface area contributed by atoms with Gasteiger partial charge in [-0.3, -0.25) is 4.72 Å². The van der Waals surface area contributed by atoms with Crippen LogP contribution in [0.5, 0.6) is 0 Å². The molecule has 2 aromatic rings. The minimum Gasteiger partial charge on any atom is -0.383 e. The van der Waals surface area contributed by atoms with Crippen LogP contribution in [0.3, 0.4) is 0 Å². The molecule has 1 aromatic heterocycles. The van der Waals surface area contributed by atoms with E-state index in [-0.39, 0.29) is 10.2 Å². The second-order valence-electron chi connectivity index (χ2n) is 5.67. The molecule has 136 valence electrons. The molecule has 1 saturated heterocycles. The number of halogens is 2. The van der Waals surface area contributed by atoms with Crippen LogP contribution in [0.1, 0.15) is 12.8 Å². The Labute approximate surface area is 154 Å². The molecule has 0 spiro atoms. The van der Waals surface area contributed by atoms with Crippen LogP contribution in [0.2, 0.25) is 5.02 Å². The Kier molecular flexibility index (Phi) is 5.78. The van der Waals surface area contributed by atoms with Gasteiger partial charge in [-0.25, -0.2) is 17.8 Å². The van der Waals surface area contributed by atoms with Gasteiger partial charge in [0.05, 0.1) is 17.3 Å². The van der Waals surface area contributed by atoms with Gasteiger partial charge < -0.3 is 10.1 Å². The molecule has 0 bridgehead atoms. The summed E-state index contributed by atoms with van der Waals surface area (Å²) in [6, 6.07) is 2.20. The average molecular weight is 406 g/mol. The Hall–Kier alpha value is -1.42. The Morgan fingerprint density at radius 1 is 1.44 bits per heavy atom. The smallest absolute Gasteiger partial charge is 0.266 e. The van der Waals surface area contributed by atoms with Crippen molar-refractivity contribution in [3.63, 3.8) is 0 Å². The number of benzene rings is 1. The van der Waals surface area contributed by atoms with E-state index in [1.807, 2.05) is 0 Å². The van der Waals surface area contributed by atoms with Crippen molar-refractivity contribution < 1.29 is 17.5 Å². The normalized spacial score (nSPS) is 18.1. The van der Waals surface area contributed by atoms with Gasteiger partial charge in [0.2, 0.25) is 0 Å². The van der Waals surface area contributed by atoms with E-state index >= 15 is 0 Å². The molecule has 1 aliphatic rings. The third kappa shape index (κ3) is 4.60. The highest BCUT2D eigenvalue weighted by molar-refractivity contribution is 7.93. The van der Waals surface area contributed by atoms with Crippen molar-refractivity contribution in [3.05, 3.63) is 34.5 Å². The molecule has 1 atom stereocenters. The summed E-state index contributed by atoms with van der Waals surface area (Å²) in [6.07, 6.45) is 3.47. The fraction of sp³-hybridized carbons (Fsp3) is 0.400. The molecule has 10 heteroatoms. The van der Waals surface area contributed by atoms with E-state index in [1.54, 1.807) is 5.38 Å². The Morgan fingerprint density at radius 3 is 2.96 bits per heavy atom. The minimum atomic E-state index is -4.10. The summed E-state index contributed by atoms with van der Waals surface area (Å²) in [5, 5.41) is 4.98. The van der Waals surface area contributed by atoms with Crippen LogP contribution >= 0.6 is 22.9 Å². The van der Waals surface area contributed by atoms with Crippen LogP contribution in [0.15, 0.2) is 28.6 Å². The number of nitrogens with one attached hydrogen (secondary N) is 2. The summed E-state index contributed by atoms with van der Waals surface area (Å²) in [5.41, 5.74) is 0.359. The first-order valence-electron chi connectivity index (χ1n) is 7.68. The molecule has 0 saturated carbocycles. The summed E-state index contributed by atoms with van der Waals surface area (Å²) < 4.78 is 46.6. The van der Waals surface area contributed by atoms with Gasteiger partial charge in [0.25, 0.3) is 10.0 Å². The highest BCUT2D eigenvalue weighted by Crippen LogP contribution is 2.30. The maximum absolute atomic E-state index is 14.4. The minimum absolute atomic E-state index is 0.137. The molecular formula is C15H17ClFN3O3S2. The number of nitrogens with zero attached hydrogens (tertiary/aromatic N) is 1. The third-order valence-electron chi connectivity index (χ3n) is 3.80. The monoisotopic (exact) mass is 405 g/mol. The zero-order chi connectivity index (χ0) is 17.9. The summed E-state index contributed by atoms with van der Waals surface area (Å²) in [4.78, 5) is 3.31. The van der Waals surface area contributed by atoms with Gasteiger partial charge in [-0.05, 0) is 30.9 Å². The van der Waals surface area contributed by atoms with Gasteiger partial charge in [0, 0.05) is 24.7 Å². The molecular weight excluding hydrogens is 389 g/mol. The highest BCUT2D eigenvalue weighted by Gasteiger charge is 2.23. The van der Waals surface area contributed by atoms with E-state index < -0.39 is 20.7 Å². The molecule has 6 nitrogen and oxygen atoms in total. The van der Waals surface area contributed by atoms with E-state index in [1.165, 1.54) is 6.20 Å². The standard InChI is InChI=1S/C15H17ClFN3O3S2/c16-11-6-14(25(21,22)20-15-18-3-5-24-15)12(17)7-13(11)19-8-10-2-1-4-23-9-10/h3,5-7,10,19H,1-2,4,8-9H2,(H,18,20). The summed E-state index contributed by atoms with van der Waals surface area (Å²) in [5.74, 6) is -0.557. The molecule has 1 aliphatic heterocycles. The van der Waals surface area contributed by atoms with Gasteiger partial charge in [0.1, 0.15) is 10.7 Å². The molecule has 1 unspecified atom stereocenters. The predicted molar refractivity (Wildman–Crippen MR) is 96.4 cm³/mol. The second kappa shape index (κ2) is 7.86. The predicted octanol–water partition coefficient (Wildman–Crippen LogP) is 3.57. The van der Waals surface area contributed by atoms with Crippen LogP contribution in [0, 0.1) is 11.7 Å². The van der Waals surface area contributed by atoms with Gasteiger partial charge >= 0.3 is 0 Å². The second-order valence-corrected chi connectivity index (χ2v) is 8.62. The molecule has 0 amide bonds. The zero-order valence-corrected chi connectivity index (χ0v) is 15.6. The largest absolute Gasteiger partial charge is 0.383 e. The van der Waals surface area contributed by atoms with Crippen LogP contribution in [-0.4, -0.2) is 33.2 Å². The lowest BCUT2D eigenvalue weighted by Crippen LogP contribution is -2.24. The summed E-state index contributed by atoms with van der Waals surface area (Å²) >= 11 is 7.24. The maximum atomic E-state index is 14.4. The van der Waals surface area contributed by atoms with Gasteiger partial charge in [-0.15, -0.1) is 11.3 Å². The summed E-state index contributed by atoms with van der Waals surface area (Å²) in [6.45, 7) is 2.00. The SMILES string of the molecule is O=S(=O)(Nc1nccs1)c1cc(Cl)c(NCC2CCCOC2)cc1F. The van der Waals surface area contributed by atoms with E-state index in [2.05, 4.69) is 15.0 Å². The zero-order valence-electron chi connectivity index (χ0n) is 13.2. The molecule has 1 fully saturated rings. The first-order valence-corrected chi connectivity index (χ1v) is 10.4. The molecule has 0 aliphatic carbocycles. The molecule has 25 heavy (non-hydrogen) atoms. The van der Waals surface area contributed by atoms with E-state index in [0.717, 1.165) is 42.9 Å². The molecule has 1 aromatic carbocycles. The van der Waals surface area contributed by atoms with Crippen molar-refractivity contribution in [2.75, 3.05) is 29.8 Å². The molecule has 3 rings (SSSR count). The third-order valence-corrected chi connectivity index (χ3v) is 6.29. The molecule has 2 N–H and O–H groups in total. The number of aromatic nitrogens is 1. The lowest BCUT2D eigenvalue weighted by molar-refractivity contribution is 0.0595. The number of hydrogen-bond acceptors (Lipinski definition) is 6. The first kappa shape index (κ1) is 18.4. The van der Waals surface area contributed by atoms with Gasteiger partial charge in [-0.1, -0.05) is 11.6 Å². The number of hydrogen-bond donors (Lipinski definition) is 2. The van der Waals surface area contributed by atoms with Gasteiger partial charge in [0.15, 0.2) is 5.13 Å². The van der Waals surface area contributed by atoms with Crippen LogP contribution in [0.25, 0.3) is 0 Å². The van der Waals surface area contributed by atoms with Crippen molar-refractivity contribution >= 4 is 43.8 Å².